The first-order valence-electron chi connectivity index (χ1n) is 8.38. The number of carbonyl (C=O) groups is 1. The van der Waals surface area contributed by atoms with Crippen LogP contribution in [0.4, 0.5) is 0 Å². The molecule has 0 aliphatic carbocycles. The van der Waals surface area contributed by atoms with Crippen LogP contribution in [0.5, 0.6) is 0 Å². The number of imidazole rings is 1. The Morgan fingerprint density at radius 2 is 2.12 bits per heavy atom. The van der Waals surface area contributed by atoms with Crippen LogP contribution in [0.1, 0.15) is 36.0 Å². The standard InChI is InChI=1S/C17H22N4O2S/c1-20-12-19-15-13(5-2-6-14(15)20)16(22)21-9-3-7-17(21)8-4-10-24(18,23)11-17/h2,5-6,12,18H,3-4,7-11H2,1H3. The maximum Gasteiger partial charge on any atom is 0.256 e. The molecule has 2 aliphatic rings. The molecule has 6 nitrogen and oxygen atoms in total. The number of aromatic nitrogens is 2. The minimum atomic E-state index is -2.58. The Labute approximate surface area is 141 Å². The predicted molar refractivity (Wildman–Crippen MR) is 93.5 cm³/mol. The summed E-state index contributed by atoms with van der Waals surface area (Å²) in [6.07, 6.45) is 5.11. The molecule has 2 atom stereocenters. The van der Waals surface area contributed by atoms with Crippen LogP contribution in [0.15, 0.2) is 24.5 Å². The Bertz CT molecular complexity index is 918. The molecule has 2 aliphatic heterocycles. The van der Waals surface area contributed by atoms with Gasteiger partial charge in [0.25, 0.3) is 5.91 Å². The molecule has 1 spiro atoms. The second kappa shape index (κ2) is 5.31. The number of likely N-dealkylation sites (tertiary alicyclic amines) is 1. The number of aryl methyl sites for hydroxylation is 1. The molecule has 2 aromatic rings. The number of hydrogen-bond acceptors (Lipinski definition) is 4. The smallest absolute Gasteiger partial charge is 0.256 e. The summed E-state index contributed by atoms with van der Waals surface area (Å²) < 4.78 is 22.4. The fraction of sp³-hybridized carbons (Fsp3) is 0.529. The third kappa shape index (κ3) is 2.33. The lowest BCUT2D eigenvalue weighted by molar-refractivity contribution is 0.0610. The van der Waals surface area contributed by atoms with Crippen LogP contribution in [0.3, 0.4) is 0 Å². The number of benzene rings is 1. The third-order valence-electron chi connectivity index (χ3n) is 5.44. The van der Waals surface area contributed by atoms with Crippen molar-refractivity contribution in [3.63, 3.8) is 0 Å². The Morgan fingerprint density at radius 1 is 1.33 bits per heavy atom. The maximum absolute atomic E-state index is 13.3. The van der Waals surface area contributed by atoms with Crippen LogP contribution in [0.25, 0.3) is 11.0 Å². The fourth-order valence-electron chi connectivity index (χ4n) is 4.35. The number of nitrogens with zero attached hydrogens (tertiary/aromatic N) is 3. The van der Waals surface area contributed by atoms with Gasteiger partial charge in [0.15, 0.2) is 0 Å². The SMILES string of the molecule is Cn1cnc2c(C(=O)N3CCCC34CCCS(=N)(=O)C4)cccc21. The van der Waals surface area contributed by atoms with Gasteiger partial charge in [-0.1, -0.05) is 6.07 Å². The Kier molecular flexibility index (Phi) is 3.46. The van der Waals surface area contributed by atoms with Gasteiger partial charge in [-0.3, -0.25) is 9.57 Å². The fourth-order valence-corrected chi connectivity index (χ4v) is 6.42. The number of rotatable bonds is 1. The molecule has 4 rings (SSSR count). The van der Waals surface area contributed by atoms with Crippen molar-refractivity contribution in [2.24, 2.45) is 7.05 Å². The summed E-state index contributed by atoms with van der Waals surface area (Å²) in [6.45, 7) is 0.678. The van der Waals surface area contributed by atoms with E-state index in [9.17, 15) is 9.00 Å². The summed E-state index contributed by atoms with van der Waals surface area (Å²) in [5.74, 6) is 0.755. The summed E-state index contributed by atoms with van der Waals surface area (Å²) in [4.78, 5) is 19.6. The lowest BCUT2D eigenvalue weighted by atomic mass is 9.91. The molecule has 0 radical (unpaired) electrons. The van der Waals surface area contributed by atoms with Gasteiger partial charge >= 0.3 is 0 Å². The topological polar surface area (TPSA) is 79.1 Å². The summed E-state index contributed by atoms with van der Waals surface area (Å²) in [6, 6.07) is 5.66. The molecule has 2 unspecified atom stereocenters. The largest absolute Gasteiger partial charge is 0.334 e. The first-order valence-corrected chi connectivity index (χ1v) is 10.3. The molecule has 7 heteroatoms. The monoisotopic (exact) mass is 346 g/mol. The zero-order valence-electron chi connectivity index (χ0n) is 13.8. The second-order valence-electron chi connectivity index (χ2n) is 7.08. The lowest BCUT2D eigenvalue weighted by Crippen LogP contribution is -2.54. The zero-order chi connectivity index (χ0) is 16.9. The average molecular weight is 346 g/mol. The van der Waals surface area contributed by atoms with E-state index in [4.69, 9.17) is 4.78 Å². The first kappa shape index (κ1) is 15.6. The minimum absolute atomic E-state index is 0.0334. The minimum Gasteiger partial charge on any atom is -0.334 e. The maximum atomic E-state index is 13.3. The number of carbonyl (C=O) groups excluding carboxylic acids is 1. The van der Waals surface area contributed by atoms with Crippen molar-refractivity contribution in [1.29, 1.82) is 4.78 Å². The van der Waals surface area contributed by atoms with Crippen LogP contribution in [-0.4, -0.2) is 48.2 Å². The quantitative estimate of drug-likeness (QED) is 0.861. The number of nitrogens with one attached hydrogen (secondary N) is 1. The van der Waals surface area contributed by atoms with Crippen molar-refractivity contribution >= 4 is 26.7 Å². The summed E-state index contributed by atoms with van der Waals surface area (Å²) in [5.41, 5.74) is 1.86. The van der Waals surface area contributed by atoms with Crippen LogP contribution in [0.2, 0.25) is 0 Å². The van der Waals surface area contributed by atoms with Crippen LogP contribution < -0.4 is 0 Å². The van der Waals surface area contributed by atoms with Gasteiger partial charge in [-0.2, -0.15) is 0 Å². The molecule has 1 aromatic heterocycles. The molecule has 1 aromatic carbocycles. The van der Waals surface area contributed by atoms with Crippen LogP contribution >= 0.6 is 0 Å². The van der Waals surface area contributed by atoms with Gasteiger partial charge in [-0.05, 0) is 37.8 Å². The molecule has 1 N–H and O–H groups in total. The molecule has 24 heavy (non-hydrogen) atoms. The summed E-state index contributed by atoms with van der Waals surface area (Å²) >= 11 is 0. The Balaban J connectivity index is 1.75. The van der Waals surface area contributed by atoms with E-state index in [1.807, 2.05) is 34.7 Å². The van der Waals surface area contributed by atoms with E-state index in [2.05, 4.69) is 4.98 Å². The highest BCUT2D eigenvalue weighted by molar-refractivity contribution is 7.92. The van der Waals surface area contributed by atoms with Gasteiger partial charge in [0.2, 0.25) is 0 Å². The first-order chi connectivity index (χ1) is 11.4. The average Bonchev–Trinajstić information content (AvgIpc) is 3.10. The van der Waals surface area contributed by atoms with Crippen molar-refractivity contribution in [2.75, 3.05) is 18.1 Å². The number of para-hydroxylation sites is 1. The molecule has 1 amide bonds. The number of hydrogen-bond donors (Lipinski definition) is 1. The normalized spacial score (nSPS) is 30.3. The van der Waals surface area contributed by atoms with Crippen molar-refractivity contribution in [3.05, 3.63) is 30.1 Å². The van der Waals surface area contributed by atoms with E-state index in [0.29, 0.717) is 23.6 Å². The molecular weight excluding hydrogens is 324 g/mol. The van der Waals surface area contributed by atoms with E-state index in [1.54, 1.807) is 6.33 Å². The molecule has 0 saturated carbocycles. The van der Waals surface area contributed by atoms with E-state index < -0.39 is 15.3 Å². The molecule has 3 heterocycles. The molecular formula is C17H22N4O2S. The van der Waals surface area contributed by atoms with Crippen LogP contribution in [-0.2, 0) is 16.8 Å². The highest BCUT2D eigenvalue weighted by atomic mass is 32.2. The summed E-state index contributed by atoms with van der Waals surface area (Å²) in [7, 11) is -0.661. The number of fused-ring (bicyclic) bond motifs is 1. The molecule has 0 bridgehead atoms. The van der Waals surface area contributed by atoms with Gasteiger partial charge in [0, 0.05) is 29.1 Å². The predicted octanol–water partition coefficient (Wildman–Crippen LogP) is 2.39. The van der Waals surface area contributed by atoms with Crippen molar-refractivity contribution < 1.29 is 9.00 Å². The molecule has 2 saturated heterocycles. The summed E-state index contributed by atoms with van der Waals surface area (Å²) in [5, 5.41) is 0. The van der Waals surface area contributed by atoms with E-state index >= 15 is 0 Å². The van der Waals surface area contributed by atoms with E-state index in [1.165, 1.54) is 0 Å². The van der Waals surface area contributed by atoms with Gasteiger partial charge < -0.3 is 9.47 Å². The van der Waals surface area contributed by atoms with E-state index in [-0.39, 0.29) is 5.91 Å². The molecule has 128 valence electrons. The van der Waals surface area contributed by atoms with E-state index in [0.717, 1.165) is 36.7 Å². The van der Waals surface area contributed by atoms with Crippen molar-refractivity contribution in [3.8, 4) is 0 Å². The number of amides is 1. The zero-order valence-corrected chi connectivity index (χ0v) is 14.6. The highest BCUT2D eigenvalue weighted by Gasteiger charge is 2.47. The van der Waals surface area contributed by atoms with Crippen molar-refractivity contribution in [1.82, 2.24) is 14.5 Å². The van der Waals surface area contributed by atoms with Gasteiger partial charge in [-0.25, -0.2) is 9.19 Å². The third-order valence-corrected chi connectivity index (χ3v) is 7.40. The second-order valence-corrected chi connectivity index (χ2v) is 9.40. The van der Waals surface area contributed by atoms with Crippen LogP contribution in [0, 0.1) is 4.78 Å². The van der Waals surface area contributed by atoms with Gasteiger partial charge in [0.1, 0.15) is 5.52 Å². The van der Waals surface area contributed by atoms with Gasteiger partial charge in [-0.15, -0.1) is 0 Å². The lowest BCUT2D eigenvalue weighted by Gasteiger charge is -2.42. The van der Waals surface area contributed by atoms with Gasteiger partial charge in [0.05, 0.1) is 28.7 Å². The molecule has 2 fully saturated rings. The highest BCUT2D eigenvalue weighted by Crippen LogP contribution is 2.39. The Hall–Kier alpha value is -1.89. The van der Waals surface area contributed by atoms with Crippen molar-refractivity contribution in [2.45, 2.75) is 31.2 Å². The Morgan fingerprint density at radius 3 is 2.92 bits per heavy atom.